The van der Waals surface area contributed by atoms with E-state index in [-0.39, 0.29) is 0 Å². The second kappa shape index (κ2) is 7.65. The zero-order valence-electron chi connectivity index (χ0n) is 13.9. The van der Waals surface area contributed by atoms with Crippen LogP contribution in [0.4, 0.5) is 0 Å². The van der Waals surface area contributed by atoms with Crippen molar-refractivity contribution < 1.29 is 0 Å². The number of nitrogens with zero attached hydrogens (tertiary/aromatic N) is 2. The molecule has 4 heteroatoms. The fraction of sp³-hybridized carbons (Fsp3) is 0.250. The first-order valence-electron chi connectivity index (χ1n) is 8.27. The number of rotatable bonds is 4. The molecule has 1 aliphatic heterocycles. The van der Waals surface area contributed by atoms with Crippen LogP contribution >= 0.6 is 11.6 Å². The lowest BCUT2D eigenvalue weighted by Gasteiger charge is -2.11. The molecule has 0 aliphatic carbocycles. The number of hydrogen-bond acceptors (Lipinski definition) is 2. The highest BCUT2D eigenvalue weighted by atomic mass is 35.5. The molecule has 2 aromatic rings. The second-order valence-corrected chi connectivity index (χ2v) is 6.21. The lowest BCUT2D eigenvalue weighted by atomic mass is 10.0. The van der Waals surface area contributed by atoms with E-state index in [2.05, 4.69) is 24.0 Å². The van der Waals surface area contributed by atoms with E-state index >= 15 is 0 Å². The maximum Gasteiger partial charge on any atom is 0.0776 e. The van der Waals surface area contributed by atoms with Crippen LogP contribution in [0.25, 0.3) is 11.3 Å². The predicted molar refractivity (Wildman–Crippen MR) is 102 cm³/mol. The number of halogens is 1. The smallest absolute Gasteiger partial charge is 0.0776 e. The van der Waals surface area contributed by atoms with Crippen molar-refractivity contribution in [3.05, 3.63) is 77.1 Å². The standard InChI is InChI=1S/C20H22ClN3/c1-3-5-15(6-4-2)20-18-11-13-22-14-12-19(18)23-24(20)17-9-7-16(21)8-10-17/h3-10,22H,1,11-14H2,2H3/b6-4-,15-5+. The minimum absolute atomic E-state index is 0.730. The van der Waals surface area contributed by atoms with Gasteiger partial charge in [-0.25, -0.2) is 4.68 Å². The lowest BCUT2D eigenvalue weighted by Crippen LogP contribution is -2.17. The quantitative estimate of drug-likeness (QED) is 0.839. The summed E-state index contributed by atoms with van der Waals surface area (Å²) in [5, 5.41) is 9.10. The van der Waals surface area contributed by atoms with Gasteiger partial charge in [-0.15, -0.1) is 0 Å². The average molecular weight is 340 g/mol. The molecule has 1 aliphatic rings. The molecule has 24 heavy (non-hydrogen) atoms. The fourth-order valence-electron chi connectivity index (χ4n) is 3.09. The number of fused-ring (bicyclic) bond motifs is 1. The third-order valence-electron chi connectivity index (χ3n) is 4.15. The molecule has 1 N–H and O–H groups in total. The van der Waals surface area contributed by atoms with Crippen LogP contribution in [0.3, 0.4) is 0 Å². The van der Waals surface area contributed by atoms with Crippen LogP contribution in [0.5, 0.6) is 0 Å². The zero-order chi connectivity index (χ0) is 16.9. The third kappa shape index (κ3) is 3.37. The Hall–Kier alpha value is -2.10. The molecular formula is C20H22ClN3. The van der Waals surface area contributed by atoms with Crippen molar-refractivity contribution in [1.82, 2.24) is 15.1 Å². The van der Waals surface area contributed by atoms with Crippen LogP contribution < -0.4 is 5.32 Å². The number of aromatic nitrogens is 2. The number of allylic oxidation sites excluding steroid dienone is 5. The average Bonchev–Trinajstić information content (AvgIpc) is 2.78. The van der Waals surface area contributed by atoms with Crippen molar-refractivity contribution in [3.63, 3.8) is 0 Å². The second-order valence-electron chi connectivity index (χ2n) is 5.77. The van der Waals surface area contributed by atoms with Gasteiger partial charge in [0.15, 0.2) is 0 Å². The lowest BCUT2D eigenvalue weighted by molar-refractivity contribution is 0.694. The molecular weight excluding hydrogens is 318 g/mol. The van der Waals surface area contributed by atoms with Crippen LogP contribution in [-0.2, 0) is 12.8 Å². The van der Waals surface area contributed by atoms with Gasteiger partial charge in [0.05, 0.1) is 17.1 Å². The summed E-state index contributed by atoms with van der Waals surface area (Å²) < 4.78 is 2.04. The molecule has 0 saturated carbocycles. The Morgan fingerprint density at radius 3 is 2.71 bits per heavy atom. The maximum absolute atomic E-state index is 6.05. The van der Waals surface area contributed by atoms with Crippen molar-refractivity contribution >= 4 is 17.2 Å². The van der Waals surface area contributed by atoms with Gasteiger partial charge < -0.3 is 5.32 Å². The molecule has 0 bridgehead atoms. The van der Waals surface area contributed by atoms with Crippen LogP contribution in [0, 0.1) is 0 Å². The summed E-state index contributed by atoms with van der Waals surface area (Å²) in [6.45, 7) is 7.84. The van der Waals surface area contributed by atoms with E-state index in [9.17, 15) is 0 Å². The summed E-state index contributed by atoms with van der Waals surface area (Å²) in [7, 11) is 0. The van der Waals surface area contributed by atoms with Gasteiger partial charge >= 0.3 is 0 Å². The van der Waals surface area contributed by atoms with Crippen molar-refractivity contribution in [2.75, 3.05) is 13.1 Å². The summed E-state index contributed by atoms with van der Waals surface area (Å²) in [6, 6.07) is 7.83. The molecule has 2 heterocycles. The number of hydrogen-bond donors (Lipinski definition) is 1. The highest BCUT2D eigenvalue weighted by molar-refractivity contribution is 6.30. The highest BCUT2D eigenvalue weighted by Gasteiger charge is 2.21. The zero-order valence-corrected chi connectivity index (χ0v) is 14.7. The van der Waals surface area contributed by atoms with Gasteiger partial charge in [-0.2, -0.15) is 5.10 Å². The van der Waals surface area contributed by atoms with Gasteiger partial charge in [-0.05, 0) is 44.2 Å². The first kappa shape index (κ1) is 16.7. The van der Waals surface area contributed by atoms with E-state index in [1.165, 1.54) is 11.3 Å². The summed E-state index contributed by atoms with van der Waals surface area (Å²) >= 11 is 6.05. The Bertz CT molecular complexity index is 782. The van der Waals surface area contributed by atoms with E-state index in [0.29, 0.717) is 0 Å². The Balaban J connectivity index is 2.22. The first-order valence-corrected chi connectivity index (χ1v) is 8.65. The van der Waals surface area contributed by atoms with Gasteiger partial charge in [0.2, 0.25) is 0 Å². The van der Waals surface area contributed by atoms with Crippen LogP contribution in [0.1, 0.15) is 23.9 Å². The van der Waals surface area contributed by atoms with E-state index in [1.54, 1.807) is 0 Å². The number of benzene rings is 1. The van der Waals surface area contributed by atoms with Crippen molar-refractivity contribution in [2.45, 2.75) is 19.8 Å². The minimum Gasteiger partial charge on any atom is -0.316 e. The van der Waals surface area contributed by atoms with Gasteiger partial charge in [-0.1, -0.05) is 42.5 Å². The number of nitrogens with one attached hydrogen (secondary N) is 1. The molecule has 0 fully saturated rings. The predicted octanol–water partition coefficient (Wildman–Crippen LogP) is 4.36. The van der Waals surface area contributed by atoms with Gasteiger partial charge in [-0.3, -0.25) is 0 Å². The van der Waals surface area contributed by atoms with Crippen LogP contribution in [0.15, 0.2) is 55.1 Å². The molecule has 124 valence electrons. The third-order valence-corrected chi connectivity index (χ3v) is 4.40. The molecule has 1 aromatic heterocycles. The molecule has 0 unspecified atom stereocenters. The molecule has 0 amide bonds. The molecule has 0 radical (unpaired) electrons. The SMILES string of the molecule is C=C/C=C(\C=C/C)c1c2c(nn1-c1ccc(Cl)cc1)CCNCC2. The summed E-state index contributed by atoms with van der Waals surface area (Å²) in [6.07, 6.45) is 9.96. The Labute approximate surface area is 148 Å². The molecule has 3 rings (SSSR count). The van der Waals surface area contributed by atoms with Gasteiger partial charge in [0.1, 0.15) is 0 Å². The molecule has 0 atom stereocenters. The Kier molecular flexibility index (Phi) is 5.34. The maximum atomic E-state index is 6.05. The Morgan fingerprint density at radius 2 is 2.00 bits per heavy atom. The summed E-state index contributed by atoms with van der Waals surface area (Å²) in [4.78, 5) is 0. The van der Waals surface area contributed by atoms with E-state index in [0.717, 1.165) is 47.9 Å². The Morgan fingerprint density at radius 1 is 1.25 bits per heavy atom. The fourth-order valence-corrected chi connectivity index (χ4v) is 3.22. The summed E-state index contributed by atoms with van der Waals surface area (Å²) in [5.41, 5.74) is 5.78. The monoisotopic (exact) mass is 339 g/mol. The van der Waals surface area contributed by atoms with Gasteiger partial charge in [0, 0.05) is 29.1 Å². The summed E-state index contributed by atoms with van der Waals surface area (Å²) in [5.74, 6) is 0. The minimum atomic E-state index is 0.730. The van der Waals surface area contributed by atoms with Crippen LogP contribution in [-0.4, -0.2) is 22.9 Å². The van der Waals surface area contributed by atoms with E-state index in [1.807, 2.05) is 48.0 Å². The highest BCUT2D eigenvalue weighted by Crippen LogP contribution is 2.29. The largest absolute Gasteiger partial charge is 0.316 e. The molecule has 0 spiro atoms. The molecule has 1 aromatic carbocycles. The molecule has 3 nitrogen and oxygen atoms in total. The normalized spacial score (nSPS) is 15.3. The van der Waals surface area contributed by atoms with Crippen molar-refractivity contribution in [1.29, 1.82) is 0 Å². The van der Waals surface area contributed by atoms with E-state index in [4.69, 9.17) is 16.7 Å². The van der Waals surface area contributed by atoms with Crippen molar-refractivity contribution in [3.8, 4) is 5.69 Å². The molecule has 0 saturated heterocycles. The van der Waals surface area contributed by atoms with Gasteiger partial charge in [0.25, 0.3) is 0 Å². The topological polar surface area (TPSA) is 29.9 Å². The van der Waals surface area contributed by atoms with Crippen LogP contribution in [0.2, 0.25) is 5.02 Å². The first-order chi connectivity index (χ1) is 11.7. The van der Waals surface area contributed by atoms with Crippen molar-refractivity contribution in [2.24, 2.45) is 0 Å². The van der Waals surface area contributed by atoms with E-state index < -0.39 is 0 Å².